The zero-order valence-corrected chi connectivity index (χ0v) is 22.2. The molecule has 0 aliphatic heterocycles. The lowest BCUT2D eigenvalue weighted by atomic mass is 10.2. The van der Waals surface area contributed by atoms with E-state index in [1.165, 1.54) is 30.0 Å². The van der Waals surface area contributed by atoms with Gasteiger partial charge in [-0.15, -0.1) is 10.2 Å². The molecule has 11 heteroatoms. The number of hydrogen-bond donors (Lipinski definition) is 2. The zero-order chi connectivity index (χ0) is 26.2. The number of aromatic nitrogens is 3. The quantitative estimate of drug-likeness (QED) is 0.248. The van der Waals surface area contributed by atoms with Crippen molar-refractivity contribution < 1.29 is 18.7 Å². The average molecular weight is 584 g/mol. The molecule has 0 atom stereocenters. The third-order valence-electron chi connectivity index (χ3n) is 5.09. The Hall–Kier alpha value is -3.70. The van der Waals surface area contributed by atoms with E-state index < -0.39 is 11.7 Å². The predicted octanol–water partition coefficient (Wildman–Crippen LogP) is 5.23. The second kappa shape index (κ2) is 12.5. The Labute approximate surface area is 225 Å². The van der Waals surface area contributed by atoms with Crippen molar-refractivity contribution in [2.75, 3.05) is 17.7 Å². The summed E-state index contributed by atoms with van der Waals surface area (Å²) < 4.78 is 22.1. The molecule has 2 amide bonds. The molecule has 0 radical (unpaired) electrons. The molecule has 0 unspecified atom stereocenters. The lowest BCUT2D eigenvalue weighted by Crippen LogP contribution is -2.25. The fraction of sp³-hybridized carbons (Fsp3) is 0.154. The first-order valence-corrected chi connectivity index (χ1v) is 13.1. The fourth-order valence-electron chi connectivity index (χ4n) is 3.39. The molecule has 0 bridgehead atoms. The van der Waals surface area contributed by atoms with Crippen molar-refractivity contribution in [2.45, 2.75) is 18.6 Å². The largest absolute Gasteiger partial charge is 0.494 e. The molecule has 4 rings (SSSR count). The Bertz CT molecular complexity index is 1380. The van der Waals surface area contributed by atoms with E-state index in [1.54, 1.807) is 34.9 Å². The first-order chi connectivity index (χ1) is 17.9. The van der Waals surface area contributed by atoms with Gasteiger partial charge >= 0.3 is 0 Å². The van der Waals surface area contributed by atoms with Crippen LogP contribution in [0.4, 0.5) is 10.1 Å². The number of carbonyl (C=O) groups excluding carboxylic acids is 2. The van der Waals surface area contributed by atoms with Crippen LogP contribution in [0.25, 0.3) is 5.69 Å². The Morgan fingerprint density at radius 3 is 2.46 bits per heavy atom. The van der Waals surface area contributed by atoms with E-state index in [9.17, 15) is 14.0 Å². The summed E-state index contributed by atoms with van der Waals surface area (Å²) in [5.74, 6) is -0.136. The second-order valence-corrected chi connectivity index (χ2v) is 9.53. The minimum absolute atomic E-state index is 0.00909. The number of ether oxygens (including phenoxy) is 1. The van der Waals surface area contributed by atoms with Gasteiger partial charge < -0.3 is 15.4 Å². The number of benzene rings is 3. The number of nitrogens with zero attached hydrogens (tertiary/aromatic N) is 3. The highest BCUT2D eigenvalue weighted by molar-refractivity contribution is 9.10. The summed E-state index contributed by atoms with van der Waals surface area (Å²) in [6.07, 6.45) is 0. The van der Waals surface area contributed by atoms with Crippen molar-refractivity contribution in [2.24, 2.45) is 0 Å². The molecule has 190 valence electrons. The van der Waals surface area contributed by atoms with E-state index in [0.29, 0.717) is 23.3 Å². The van der Waals surface area contributed by atoms with Crippen LogP contribution in [0.2, 0.25) is 0 Å². The number of nitrogens with one attached hydrogen (secondary N) is 2. The molecule has 0 fully saturated rings. The smallest absolute Gasteiger partial charge is 0.254 e. The van der Waals surface area contributed by atoms with Crippen LogP contribution >= 0.6 is 27.7 Å². The first-order valence-electron chi connectivity index (χ1n) is 11.3. The van der Waals surface area contributed by atoms with Gasteiger partial charge in [-0.1, -0.05) is 39.8 Å². The standard InChI is InChI=1S/C26H23BrFN5O3S/c1-2-36-20-13-9-18(10-14-20)30-24(34)16-37-26-32-31-23(33(26)19-11-7-17(27)8-12-19)15-29-25(35)21-5-3-4-6-22(21)28/h3-14H,2,15-16H2,1H3,(H,29,35)(H,30,34). The summed E-state index contributed by atoms with van der Waals surface area (Å²) in [6, 6.07) is 20.3. The van der Waals surface area contributed by atoms with Crippen LogP contribution in [0, 0.1) is 5.82 Å². The molecule has 4 aromatic rings. The van der Waals surface area contributed by atoms with E-state index in [4.69, 9.17) is 4.74 Å². The topological polar surface area (TPSA) is 98.1 Å². The van der Waals surface area contributed by atoms with Crippen LogP contribution in [-0.4, -0.2) is 38.9 Å². The maximum absolute atomic E-state index is 14.0. The Balaban J connectivity index is 1.47. The molecule has 1 heterocycles. The van der Waals surface area contributed by atoms with Gasteiger partial charge in [0.1, 0.15) is 11.6 Å². The van der Waals surface area contributed by atoms with Gasteiger partial charge in [0.15, 0.2) is 11.0 Å². The molecule has 0 aliphatic carbocycles. The number of carbonyl (C=O) groups is 2. The molecule has 0 saturated heterocycles. The summed E-state index contributed by atoms with van der Waals surface area (Å²) >= 11 is 4.63. The van der Waals surface area contributed by atoms with Crippen LogP contribution in [0.15, 0.2) is 82.4 Å². The summed E-state index contributed by atoms with van der Waals surface area (Å²) in [7, 11) is 0. The number of anilines is 1. The molecular weight excluding hydrogens is 561 g/mol. The van der Waals surface area contributed by atoms with Gasteiger partial charge in [0.2, 0.25) is 5.91 Å². The Kier molecular flexibility index (Phi) is 8.91. The molecule has 0 spiro atoms. The monoisotopic (exact) mass is 583 g/mol. The molecule has 8 nitrogen and oxygen atoms in total. The van der Waals surface area contributed by atoms with Gasteiger partial charge in [-0.3, -0.25) is 14.2 Å². The first kappa shape index (κ1) is 26.4. The van der Waals surface area contributed by atoms with Gasteiger partial charge in [-0.2, -0.15) is 0 Å². The van der Waals surface area contributed by atoms with Crippen molar-refractivity contribution in [1.82, 2.24) is 20.1 Å². The molecular formula is C26H23BrFN5O3S. The van der Waals surface area contributed by atoms with Crippen LogP contribution < -0.4 is 15.4 Å². The SMILES string of the molecule is CCOc1ccc(NC(=O)CSc2nnc(CNC(=O)c3ccccc3F)n2-c2ccc(Br)cc2)cc1. The predicted molar refractivity (Wildman–Crippen MR) is 144 cm³/mol. The maximum Gasteiger partial charge on any atom is 0.254 e. The Morgan fingerprint density at radius 2 is 1.76 bits per heavy atom. The number of rotatable bonds is 10. The molecule has 37 heavy (non-hydrogen) atoms. The third-order valence-corrected chi connectivity index (χ3v) is 6.55. The minimum atomic E-state index is -0.607. The summed E-state index contributed by atoms with van der Waals surface area (Å²) in [5, 5.41) is 14.5. The summed E-state index contributed by atoms with van der Waals surface area (Å²) in [4.78, 5) is 25.1. The molecule has 3 aromatic carbocycles. The molecule has 0 aliphatic rings. The van der Waals surface area contributed by atoms with Gasteiger partial charge in [0, 0.05) is 15.8 Å². The number of amides is 2. The number of halogens is 2. The average Bonchev–Trinajstić information content (AvgIpc) is 3.31. The van der Waals surface area contributed by atoms with E-state index >= 15 is 0 Å². The number of hydrogen-bond acceptors (Lipinski definition) is 6. The third kappa shape index (κ3) is 6.95. The van der Waals surface area contributed by atoms with Gasteiger partial charge in [-0.05, 0) is 67.6 Å². The van der Waals surface area contributed by atoms with Crippen LogP contribution in [0.1, 0.15) is 23.1 Å². The highest BCUT2D eigenvalue weighted by atomic mass is 79.9. The molecule has 1 aromatic heterocycles. The summed E-state index contributed by atoms with van der Waals surface area (Å²) in [6.45, 7) is 2.48. The van der Waals surface area contributed by atoms with Crippen molar-refractivity contribution in [1.29, 1.82) is 0 Å². The van der Waals surface area contributed by atoms with Crippen molar-refractivity contribution in [3.05, 3.63) is 94.5 Å². The maximum atomic E-state index is 14.0. The summed E-state index contributed by atoms with van der Waals surface area (Å²) in [5.41, 5.74) is 1.34. The van der Waals surface area contributed by atoms with E-state index in [0.717, 1.165) is 15.9 Å². The van der Waals surface area contributed by atoms with Crippen molar-refractivity contribution in [3.8, 4) is 11.4 Å². The van der Waals surface area contributed by atoms with Crippen molar-refractivity contribution in [3.63, 3.8) is 0 Å². The second-order valence-electron chi connectivity index (χ2n) is 7.67. The van der Waals surface area contributed by atoms with E-state index in [2.05, 4.69) is 36.8 Å². The lowest BCUT2D eigenvalue weighted by molar-refractivity contribution is -0.113. The van der Waals surface area contributed by atoms with Crippen LogP contribution in [-0.2, 0) is 11.3 Å². The van der Waals surface area contributed by atoms with Crippen LogP contribution in [0.5, 0.6) is 5.75 Å². The fourth-order valence-corrected chi connectivity index (χ4v) is 4.42. The van der Waals surface area contributed by atoms with E-state index in [1.807, 2.05) is 31.2 Å². The number of thioether (sulfide) groups is 1. The van der Waals surface area contributed by atoms with Gasteiger partial charge in [0.25, 0.3) is 5.91 Å². The Morgan fingerprint density at radius 1 is 1.03 bits per heavy atom. The normalized spacial score (nSPS) is 10.7. The van der Waals surface area contributed by atoms with Gasteiger partial charge in [0.05, 0.1) is 24.5 Å². The van der Waals surface area contributed by atoms with Gasteiger partial charge in [-0.25, -0.2) is 4.39 Å². The molecule has 0 saturated carbocycles. The molecule has 2 N–H and O–H groups in total. The van der Waals surface area contributed by atoms with E-state index in [-0.39, 0.29) is 23.8 Å². The minimum Gasteiger partial charge on any atom is -0.494 e. The lowest BCUT2D eigenvalue weighted by Gasteiger charge is -2.12. The zero-order valence-electron chi connectivity index (χ0n) is 19.8. The van der Waals surface area contributed by atoms with Crippen molar-refractivity contribution >= 4 is 45.2 Å². The highest BCUT2D eigenvalue weighted by Gasteiger charge is 2.18. The highest BCUT2D eigenvalue weighted by Crippen LogP contribution is 2.24. The van der Waals surface area contributed by atoms with Crippen LogP contribution in [0.3, 0.4) is 0 Å².